The molecule has 1 heterocycles. The standard InChI is InChI=1S/C12H17N3/c1-3-5-6-11(14-8-4-2)12-7-9-13-10-15-12/h1,7,9-11,14H,4-6,8H2,2H3. The highest BCUT2D eigenvalue weighted by atomic mass is 14.9. The fourth-order valence-electron chi connectivity index (χ4n) is 1.41. The molecule has 0 aliphatic rings. The summed E-state index contributed by atoms with van der Waals surface area (Å²) in [5.74, 6) is 2.66. The molecule has 1 atom stereocenters. The summed E-state index contributed by atoms with van der Waals surface area (Å²) in [4.78, 5) is 8.15. The number of nitrogens with one attached hydrogen (secondary N) is 1. The minimum atomic E-state index is 0.254. The Morgan fingerprint density at radius 3 is 3.07 bits per heavy atom. The molecule has 1 rings (SSSR count). The monoisotopic (exact) mass is 203 g/mol. The molecular weight excluding hydrogens is 186 g/mol. The predicted molar refractivity (Wildman–Crippen MR) is 61.1 cm³/mol. The van der Waals surface area contributed by atoms with Gasteiger partial charge in [-0.15, -0.1) is 12.3 Å². The van der Waals surface area contributed by atoms with Crippen LogP contribution in [0.3, 0.4) is 0 Å². The first-order valence-corrected chi connectivity index (χ1v) is 5.31. The van der Waals surface area contributed by atoms with Crippen LogP contribution in [0.5, 0.6) is 0 Å². The Kier molecular flexibility index (Phi) is 5.42. The van der Waals surface area contributed by atoms with E-state index in [1.54, 1.807) is 12.5 Å². The van der Waals surface area contributed by atoms with Crippen LogP contribution in [0.15, 0.2) is 18.6 Å². The summed E-state index contributed by atoms with van der Waals surface area (Å²) in [6.45, 7) is 3.13. The maximum absolute atomic E-state index is 5.27. The van der Waals surface area contributed by atoms with Gasteiger partial charge in [-0.25, -0.2) is 9.97 Å². The quantitative estimate of drug-likeness (QED) is 0.718. The van der Waals surface area contributed by atoms with Gasteiger partial charge in [-0.2, -0.15) is 0 Å². The van der Waals surface area contributed by atoms with E-state index >= 15 is 0 Å². The van der Waals surface area contributed by atoms with E-state index in [-0.39, 0.29) is 6.04 Å². The van der Waals surface area contributed by atoms with Crippen LogP contribution >= 0.6 is 0 Å². The zero-order chi connectivity index (χ0) is 10.9. The number of hydrogen-bond donors (Lipinski definition) is 1. The first-order chi connectivity index (χ1) is 7.38. The number of nitrogens with zero attached hydrogens (tertiary/aromatic N) is 2. The molecule has 0 radical (unpaired) electrons. The van der Waals surface area contributed by atoms with Crippen molar-refractivity contribution in [2.45, 2.75) is 32.2 Å². The van der Waals surface area contributed by atoms with Gasteiger partial charge in [-0.05, 0) is 25.5 Å². The molecule has 1 aromatic rings. The van der Waals surface area contributed by atoms with Gasteiger partial charge in [0, 0.05) is 12.6 Å². The molecule has 0 spiro atoms. The molecule has 0 saturated heterocycles. The molecule has 0 aromatic carbocycles. The third-order valence-electron chi connectivity index (χ3n) is 2.18. The number of aromatic nitrogens is 2. The number of hydrogen-bond acceptors (Lipinski definition) is 3. The van der Waals surface area contributed by atoms with Crippen molar-refractivity contribution >= 4 is 0 Å². The molecule has 15 heavy (non-hydrogen) atoms. The molecule has 80 valence electrons. The number of terminal acetylenes is 1. The maximum Gasteiger partial charge on any atom is 0.115 e. The molecule has 0 saturated carbocycles. The van der Waals surface area contributed by atoms with E-state index < -0.39 is 0 Å². The van der Waals surface area contributed by atoms with Crippen molar-refractivity contribution in [3.05, 3.63) is 24.3 Å². The highest BCUT2D eigenvalue weighted by Crippen LogP contribution is 2.14. The Morgan fingerprint density at radius 2 is 2.47 bits per heavy atom. The first kappa shape index (κ1) is 11.7. The van der Waals surface area contributed by atoms with Gasteiger partial charge >= 0.3 is 0 Å². The fourth-order valence-corrected chi connectivity index (χ4v) is 1.41. The molecule has 0 aliphatic heterocycles. The zero-order valence-electron chi connectivity index (χ0n) is 9.11. The van der Waals surface area contributed by atoms with Crippen LogP contribution in [0.2, 0.25) is 0 Å². The lowest BCUT2D eigenvalue weighted by atomic mass is 10.1. The minimum Gasteiger partial charge on any atom is -0.309 e. The van der Waals surface area contributed by atoms with Gasteiger partial charge < -0.3 is 5.32 Å². The molecule has 0 fully saturated rings. The molecule has 3 nitrogen and oxygen atoms in total. The first-order valence-electron chi connectivity index (χ1n) is 5.31. The Bertz CT molecular complexity index is 302. The zero-order valence-corrected chi connectivity index (χ0v) is 9.11. The molecular formula is C12H17N3. The average molecular weight is 203 g/mol. The highest BCUT2D eigenvalue weighted by Gasteiger charge is 2.10. The smallest absolute Gasteiger partial charge is 0.115 e. The second kappa shape index (κ2) is 6.97. The van der Waals surface area contributed by atoms with Crippen molar-refractivity contribution in [1.82, 2.24) is 15.3 Å². The maximum atomic E-state index is 5.27. The molecule has 0 bridgehead atoms. The minimum absolute atomic E-state index is 0.254. The molecule has 0 amide bonds. The van der Waals surface area contributed by atoms with Crippen molar-refractivity contribution < 1.29 is 0 Å². The summed E-state index contributed by atoms with van der Waals surface area (Å²) in [6, 6.07) is 2.19. The van der Waals surface area contributed by atoms with Gasteiger partial charge in [0.2, 0.25) is 0 Å². The van der Waals surface area contributed by atoms with Crippen LogP contribution in [0.4, 0.5) is 0 Å². The Balaban J connectivity index is 2.59. The Morgan fingerprint density at radius 1 is 1.60 bits per heavy atom. The van der Waals surface area contributed by atoms with Gasteiger partial charge in [0.1, 0.15) is 6.33 Å². The van der Waals surface area contributed by atoms with Gasteiger partial charge in [0.25, 0.3) is 0 Å². The predicted octanol–water partition coefficient (Wildman–Crippen LogP) is 1.93. The van der Waals surface area contributed by atoms with Gasteiger partial charge in [0.05, 0.1) is 11.7 Å². The summed E-state index contributed by atoms with van der Waals surface area (Å²) < 4.78 is 0. The van der Waals surface area contributed by atoms with Gasteiger partial charge in [0.15, 0.2) is 0 Å². The average Bonchev–Trinajstić information content (AvgIpc) is 2.30. The van der Waals surface area contributed by atoms with Crippen LogP contribution < -0.4 is 5.32 Å². The Labute approximate surface area is 91.3 Å². The normalized spacial score (nSPS) is 12.0. The van der Waals surface area contributed by atoms with E-state index in [0.29, 0.717) is 0 Å². The number of rotatable bonds is 6. The lowest BCUT2D eigenvalue weighted by Crippen LogP contribution is -2.22. The van der Waals surface area contributed by atoms with Crippen molar-refractivity contribution in [1.29, 1.82) is 0 Å². The van der Waals surface area contributed by atoms with E-state index in [2.05, 4.69) is 28.1 Å². The summed E-state index contributed by atoms with van der Waals surface area (Å²) in [5.41, 5.74) is 1.02. The topological polar surface area (TPSA) is 37.8 Å². The SMILES string of the molecule is C#CCCC(NCCC)c1ccncn1. The van der Waals surface area contributed by atoms with Gasteiger partial charge in [-0.3, -0.25) is 0 Å². The summed E-state index contributed by atoms with van der Waals surface area (Å²) in [6.07, 6.45) is 11.4. The Hall–Kier alpha value is -1.40. The molecule has 0 aliphatic carbocycles. The molecule has 1 N–H and O–H groups in total. The van der Waals surface area contributed by atoms with E-state index in [0.717, 1.165) is 31.5 Å². The summed E-state index contributed by atoms with van der Waals surface area (Å²) in [7, 11) is 0. The van der Waals surface area contributed by atoms with Crippen LogP contribution in [0.25, 0.3) is 0 Å². The van der Waals surface area contributed by atoms with E-state index in [4.69, 9.17) is 6.42 Å². The van der Waals surface area contributed by atoms with E-state index in [1.165, 1.54) is 0 Å². The van der Waals surface area contributed by atoms with Crippen LogP contribution in [0, 0.1) is 12.3 Å². The van der Waals surface area contributed by atoms with Crippen molar-refractivity contribution in [3.8, 4) is 12.3 Å². The third kappa shape index (κ3) is 4.09. The van der Waals surface area contributed by atoms with Crippen LogP contribution in [-0.2, 0) is 0 Å². The lowest BCUT2D eigenvalue weighted by Gasteiger charge is -2.16. The molecule has 1 aromatic heterocycles. The van der Waals surface area contributed by atoms with Crippen molar-refractivity contribution in [3.63, 3.8) is 0 Å². The molecule has 3 heteroatoms. The summed E-state index contributed by atoms with van der Waals surface area (Å²) in [5, 5.41) is 3.43. The van der Waals surface area contributed by atoms with E-state index in [1.807, 2.05) is 6.07 Å². The van der Waals surface area contributed by atoms with Crippen LogP contribution in [0.1, 0.15) is 37.9 Å². The highest BCUT2D eigenvalue weighted by molar-refractivity contribution is 5.05. The summed E-state index contributed by atoms with van der Waals surface area (Å²) >= 11 is 0. The van der Waals surface area contributed by atoms with Gasteiger partial charge in [-0.1, -0.05) is 6.92 Å². The third-order valence-corrected chi connectivity index (χ3v) is 2.18. The second-order valence-electron chi connectivity index (χ2n) is 3.38. The lowest BCUT2D eigenvalue weighted by molar-refractivity contribution is 0.494. The molecule has 1 unspecified atom stereocenters. The van der Waals surface area contributed by atoms with Crippen molar-refractivity contribution in [2.75, 3.05) is 6.54 Å². The fraction of sp³-hybridized carbons (Fsp3) is 0.500. The van der Waals surface area contributed by atoms with Crippen LogP contribution in [-0.4, -0.2) is 16.5 Å². The van der Waals surface area contributed by atoms with E-state index in [9.17, 15) is 0 Å². The second-order valence-corrected chi connectivity index (χ2v) is 3.38. The van der Waals surface area contributed by atoms with Crippen molar-refractivity contribution in [2.24, 2.45) is 0 Å². The largest absolute Gasteiger partial charge is 0.309 e.